The average molecular weight is 483 g/mol. The van der Waals surface area contributed by atoms with Crippen molar-refractivity contribution in [2.45, 2.75) is 77.2 Å². The Bertz CT molecular complexity index is 976. The number of esters is 2. The van der Waals surface area contributed by atoms with Crippen LogP contribution < -0.4 is 0 Å². The molecule has 0 radical (unpaired) electrons. The van der Waals surface area contributed by atoms with Crippen LogP contribution in [-0.2, 0) is 23.9 Å². The normalized spacial score (nSPS) is 46.4. The number of ketones is 1. The summed E-state index contributed by atoms with van der Waals surface area (Å²) in [6.07, 6.45) is 2.69. The fourth-order valence-corrected chi connectivity index (χ4v) is 7.95. The minimum absolute atomic E-state index is 0.0555. The summed E-state index contributed by atoms with van der Waals surface area (Å²) in [5, 5.41) is 11.4. The van der Waals surface area contributed by atoms with Crippen molar-refractivity contribution in [3.63, 3.8) is 0 Å². The number of alkyl halides is 1. The van der Waals surface area contributed by atoms with Gasteiger partial charge in [-0.1, -0.05) is 37.9 Å². The first kappa shape index (κ1) is 24.4. The van der Waals surface area contributed by atoms with Gasteiger partial charge in [0.15, 0.2) is 11.5 Å². The van der Waals surface area contributed by atoms with Gasteiger partial charge in [-0.15, -0.1) is 0 Å². The maximum atomic E-state index is 17.3. The Labute approximate surface area is 198 Å². The van der Waals surface area contributed by atoms with Crippen LogP contribution in [0.15, 0.2) is 22.8 Å². The monoisotopic (exact) mass is 482 g/mol. The molecule has 0 aromatic heterocycles. The maximum absolute atomic E-state index is 17.3. The van der Waals surface area contributed by atoms with E-state index in [1.54, 1.807) is 13.8 Å². The van der Waals surface area contributed by atoms with E-state index in [4.69, 9.17) is 21.1 Å². The number of aliphatic hydroxyl groups excluding tert-OH is 1. The molecule has 4 aliphatic carbocycles. The van der Waals surface area contributed by atoms with Crippen molar-refractivity contribution < 1.29 is 33.4 Å². The number of hydrogen-bond acceptors (Lipinski definition) is 6. The van der Waals surface area contributed by atoms with Gasteiger partial charge >= 0.3 is 11.9 Å². The number of aliphatic hydroxyl groups is 1. The van der Waals surface area contributed by atoms with Gasteiger partial charge in [-0.3, -0.25) is 9.59 Å². The molecule has 0 amide bonds. The highest BCUT2D eigenvalue weighted by Gasteiger charge is 2.78. The van der Waals surface area contributed by atoms with Crippen LogP contribution in [0.3, 0.4) is 0 Å². The van der Waals surface area contributed by atoms with Crippen molar-refractivity contribution in [3.8, 4) is 0 Å². The van der Waals surface area contributed by atoms with E-state index < -0.39 is 52.0 Å². The number of halogens is 2. The lowest BCUT2D eigenvalue weighted by Crippen LogP contribution is -2.70. The second kappa shape index (κ2) is 7.64. The molecule has 4 aliphatic rings. The Balaban J connectivity index is 1.86. The molecule has 0 aromatic rings. The first-order chi connectivity index (χ1) is 15.3. The minimum atomic E-state index is -2.09. The zero-order chi connectivity index (χ0) is 24.6. The standard InChI is InChI=1S/C25H32ClFO6/c1-6-20(30)33-25(21(31)32-5)13(2)9-16-15-8-7-14-10-18(28)17(26)11-22(14,3)24(15,27)19(29)12-23(16,25)4/h10-11,13,15-16,19,29H,6-9,12H2,1-5H3/t13-,15-,16-,19-,22-,23-,24-,25-/m0/s1. The molecule has 0 spiro atoms. The molecule has 4 rings (SSSR count). The Morgan fingerprint density at radius 1 is 1.30 bits per heavy atom. The molecule has 0 unspecified atom stereocenters. The number of methoxy groups -OCH3 is 1. The van der Waals surface area contributed by atoms with Crippen molar-refractivity contribution in [1.29, 1.82) is 0 Å². The van der Waals surface area contributed by atoms with E-state index in [1.807, 2.05) is 13.8 Å². The van der Waals surface area contributed by atoms with Crippen molar-refractivity contribution in [3.05, 3.63) is 22.8 Å². The molecule has 33 heavy (non-hydrogen) atoms. The van der Waals surface area contributed by atoms with Gasteiger partial charge in [0.1, 0.15) is 0 Å². The SMILES string of the molecule is CCC(=O)O[C@]1(C(=O)OC)[C@@H](C)C[C@H]2[C@@H]3CCC4=CC(=O)C(Cl)=C[C@]4(C)[C@@]3(F)[C@@H](O)C[C@@]21C. The van der Waals surface area contributed by atoms with Crippen LogP contribution in [0.5, 0.6) is 0 Å². The predicted molar refractivity (Wildman–Crippen MR) is 119 cm³/mol. The van der Waals surface area contributed by atoms with E-state index in [9.17, 15) is 19.5 Å². The van der Waals surface area contributed by atoms with Gasteiger partial charge in [0, 0.05) is 29.1 Å². The number of fused-ring (bicyclic) bond motifs is 5. The smallest absolute Gasteiger partial charge is 0.351 e. The first-order valence-electron chi connectivity index (χ1n) is 11.6. The number of rotatable bonds is 3. The largest absolute Gasteiger partial charge is 0.466 e. The van der Waals surface area contributed by atoms with Gasteiger partial charge in [-0.2, -0.15) is 0 Å². The van der Waals surface area contributed by atoms with Gasteiger partial charge in [-0.05, 0) is 50.7 Å². The quantitative estimate of drug-likeness (QED) is 0.611. The Hall–Kier alpha value is -1.73. The summed E-state index contributed by atoms with van der Waals surface area (Å²) >= 11 is 6.16. The van der Waals surface area contributed by atoms with E-state index >= 15 is 4.39 Å². The van der Waals surface area contributed by atoms with Gasteiger partial charge in [0.25, 0.3) is 0 Å². The predicted octanol–water partition coefficient (Wildman–Crippen LogP) is 4.03. The van der Waals surface area contributed by atoms with Crippen LogP contribution in [0, 0.1) is 28.6 Å². The van der Waals surface area contributed by atoms with Crippen molar-refractivity contribution in [1.82, 2.24) is 0 Å². The van der Waals surface area contributed by atoms with Crippen LogP contribution in [0.2, 0.25) is 0 Å². The van der Waals surface area contributed by atoms with Gasteiger partial charge in [-0.25, -0.2) is 9.18 Å². The van der Waals surface area contributed by atoms with Gasteiger partial charge in [0.05, 0.1) is 18.2 Å². The molecule has 8 atom stereocenters. The number of hydrogen-bond donors (Lipinski definition) is 1. The average Bonchev–Trinajstić information content (AvgIpc) is 2.97. The Morgan fingerprint density at radius 2 is 1.97 bits per heavy atom. The highest BCUT2D eigenvalue weighted by atomic mass is 35.5. The topological polar surface area (TPSA) is 89.9 Å². The molecule has 8 heteroatoms. The van der Waals surface area contributed by atoms with E-state index in [0.717, 1.165) is 0 Å². The molecule has 182 valence electrons. The molecule has 0 aromatic carbocycles. The third kappa shape index (κ3) is 2.84. The van der Waals surface area contributed by atoms with E-state index in [1.165, 1.54) is 19.3 Å². The molecule has 3 saturated carbocycles. The molecule has 3 fully saturated rings. The lowest BCUT2D eigenvalue weighted by molar-refractivity contribution is -0.235. The number of carbonyl (C=O) groups is 3. The summed E-state index contributed by atoms with van der Waals surface area (Å²) in [6, 6.07) is 0. The van der Waals surface area contributed by atoms with Crippen LogP contribution in [0.25, 0.3) is 0 Å². The first-order valence-corrected chi connectivity index (χ1v) is 12.0. The lowest BCUT2D eigenvalue weighted by Gasteiger charge is -2.62. The van der Waals surface area contributed by atoms with E-state index in [-0.39, 0.29) is 29.6 Å². The van der Waals surface area contributed by atoms with E-state index in [0.29, 0.717) is 24.8 Å². The lowest BCUT2D eigenvalue weighted by atomic mass is 9.44. The summed E-state index contributed by atoms with van der Waals surface area (Å²) in [7, 11) is 1.25. The molecule has 0 bridgehead atoms. The third-order valence-electron chi connectivity index (χ3n) is 9.29. The molecule has 0 saturated heterocycles. The van der Waals surface area contributed by atoms with Crippen molar-refractivity contribution in [2.24, 2.45) is 28.6 Å². The molecule has 6 nitrogen and oxygen atoms in total. The maximum Gasteiger partial charge on any atom is 0.351 e. The molecule has 0 heterocycles. The fraction of sp³-hybridized carbons (Fsp3) is 0.720. The zero-order valence-corrected chi connectivity index (χ0v) is 20.5. The number of allylic oxidation sites excluding steroid dienone is 4. The summed E-state index contributed by atoms with van der Waals surface area (Å²) in [5.41, 5.74) is -5.36. The Morgan fingerprint density at radius 3 is 2.58 bits per heavy atom. The van der Waals surface area contributed by atoms with Crippen LogP contribution in [0.1, 0.15) is 59.8 Å². The molecule has 1 N–H and O–H groups in total. The van der Waals surface area contributed by atoms with Gasteiger partial charge in [0.2, 0.25) is 5.60 Å². The fourth-order valence-electron chi connectivity index (χ4n) is 7.68. The van der Waals surface area contributed by atoms with E-state index in [2.05, 4.69) is 0 Å². The van der Waals surface area contributed by atoms with Crippen LogP contribution in [-0.4, -0.2) is 47.3 Å². The zero-order valence-electron chi connectivity index (χ0n) is 19.7. The summed E-state index contributed by atoms with van der Waals surface area (Å²) in [5.74, 6) is -2.98. The van der Waals surface area contributed by atoms with Crippen molar-refractivity contribution >= 4 is 29.3 Å². The molecular weight excluding hydrogens is 451 g/mol. The summed E-state index contributed by atoms with van der Waals surface area (Å²) < 4.78 is 28.3. The Kier molecular flexibility index (Phi) is 5.65. The number of ether oxygens (including phenoxy) is 2. The van der Waals surface area contributed by atoms with Gasteiger partial charge < -0.3 is 14.6 Å². The number of carbonyl (C=O) groups excluding carboxylic acids is 3. The second-order valence-electron chi connectivity index (χ2n) is 10.6. The third-order valence-corrected chi connectivity index (χ3v) is 9.59. The summed E-state index contributed by atoms with van der Waals surface area (Å²) in [6.45, 7) is 6.96. The highest BCUT2D eigenvalue weighted by molar-refractivity contribution is 6.44. The van der Waals surface area contributed by atoms with Crippen molar-refractivity contribution in [2.75, 3.05) is 7.11 Å². The van der Waals surface area contributed by atoms with Crippen LogP contribution >= 0.6 is 11.6 Å². The van der Waals surface area contributed by atoms with Crippen LogP contribution in [0.4, 0.5) is 4.39 Å². The highest BCUT2D eigenvalue weighted by Crippen LogP contribution is 2.71. The molecular formula is C25H32ClFO6. The minimum Gasteiger partial charge on any atom is -0.466 e. The summed E-state index contributed by atoms with van der Waals surface area (Å²) in [4.78, 5) is 37.9. The molecule has 0 aliphatic heterocycles. The second-order valence-corrected chi connectivity index (χ2v) is 11.0.